The maximum absolute atomic E-state index is 12.5. The van der Waals surface area contributed by atoms with E-state index in [0.29, 0.717) is 25.7 Å². The summed E-state index contributed by atoms with van der Waals surface area (Å²) in [6.07, 6.45) is 2.81. The smallest absolute Gasteiger partial charge is 0.411 e. The lowest BCUT2D eigenvalue weighted by Gasteiger charge is -2.45. The molecule has 0 spiro atoms. The Labute approximate surface area is 135 Å². The molecule has 5 nitrogen and oxygen atoms in total. The second-order valence-electron chi connectivity index (χ2n) is 6.39. The summed E-state index contributed by atoms with van der Waals surface area (Å²) in [4.78, 5) is 14.4. The SMILES string of the molecule is O=C(OCc1ccccc1)N1C2C=C(C3COC3)CC1COC2. The molecule has 0 N–H and O–H groups in total. The molecule has 2 fully saturated rings. The van der Waals surface area contributed by atoms with Crippen molar-refractivity contribution in [3.05, 3.63) is 47.5 Å². The molecule has 0 saturated carbocycles. The third-order valence-corrected chi connectivity index (χ3v) is 4.81. The number of morpholine rings is 1. The Morgan fingerprint density at radius 2 is 1.91 bits per heavy atom. The van der Waals surface area contributed by atoms with Gasteiger partial charge in [0, 0.05) is 5.92 Å². The highest BCUT2D eigenvalue weighted by Gasteiger charge is 2.41. The molecular formula is C18H21NO4. The zero-order valence-corrected chi connectivity index (χ0v) is 13.0. The van der Waals surface area contributed by atoms with Crippen molar-refractivity contribution in [2.45, 2.75) is 25.1 Å². The van der Waals surface area contributed by atoms with Gasteiger partial charge in [0.25, 0.3) is 0 Å². The number of rotatable bonds is 3. The van der Waals surface area contributed by atoms with Gasteiger partial charge in [0.2, 0.25) is 0 Å². The number of hydrogen-bond donors (Lipinski definition) is 0. The Hall–Kier alpha value is -1.85. The molecule has 23 heavy (non-hydrogen) atoms. The molecule has 0 aliphatic carbocycles. The van der Waals surface area contributed by atoms with Gasteiger partial charge in [0.15, 0.2) is 0 Å². The summed E-state index contributed by atoms with van der Waals surface area (Å²) >= 11 is 0. The van der Waals surface area contributed by atoms with Gasteiger partial charge in [-0.25, -0.2) is 4.79 Å². The fourth-order valence-electron chi connectivity index (χ4n) is 3.46. The molecule has 3 aliphatic heterocycles. The van der Waals surface area contributed by atoms with Crippen LogP contribution in [-0.2, 0) is 20.8 Å². The van der Waals surface area contributed by atoms with E-state index in [2.05, 4.69) is 6.08 Å². The molecule has 2 atom stereocenters. The summed E-state index contributed by atoms with van der Waals surface area (Å²) < 4.78 is 16.4. The number of amides is 1. The van der Waals surface area contributed by atoms with Gasteiger partial charge < -0.3 is 14.2 Å². The Balaban J connectivity index is 1.43. The number of ether oxygens (including phenoxy) is 3. The molecule has 0 aromatic heterocycles. The van der Waals surface area contributed by atoms with Crippen LogP contribution >= 0.6 is 0 Å². The lowest BCUT2D eigenvalue weighted by Crippen LogP contribution is -2.57. The second-order valence-corrected chi connectivity index (χ2v) is 6.39. The van der Waals surface area contributed by atoms with Gasteiger partial charge in [0.05, 0.1) is 38.5 Å². The van der Waals surface area contributed by atoms with Gasteiger partial charge in [0.1, 0.15) is 6.61 Å². The summed E-state index contributed by atoms with van der Waals surface area (Å²) in [5, 5.41) is 0. The minimum atomic E-state index is -0.243. The molecule has 1 aromatic rings. The first kappa shape index (κ1) is 14.7. The van der Waals surface area contributed by atoms with Crippen molar-refractivity contribution in [2.24, 2.45) is 5.92 Å². The van der Waals surface area contributed by atoms with Crippen LogP contribution in [0.2, 0.25) is 0 Å². The van der Waals surface area contributed by atoms with E-state index in [1.165, 1.54) is 5.57 Å². The quantitative estimate of drug-likeness (QED) is 0.804. The predicted octanol–water partition coefficient (Wildman–Crippen LogP) is 2.37. The minimum Gasteiger partial charge on any atom is -0.445 e. The Bertz CT molecular complexity index is 596. The van der Waals surface area contributed by atoms with Gasteiger partial charge in [-0.2, -0.15) is 0 Å². The van der Waals surface area contributed by atoms with Crippen LogP contribution in [0.4, 0.5) is 4.79 Å². The average molecular weight is 315 g/mol. The van der Waals surface area contributed by atoms with Gasteiger partial charge in [-0.1, -0.05) is 42.0 Å². The highest BCUT2D eigenvalue weighted by molar-refractivity contribution is 5.69. The molecule has 1 amide bonds. The van der Waals surface area contributed by atoms with Crippen LogP contribution < -0.4 is 0 Å². The van der Waals surface area contributed by atoms with Crippen molar-refractivity contribution in [3.63, 3.8) is 0 Å². The van der Waals surface area contributed by atoms with Gasteiger partial charge >= 0.3 is 6.09 Å². The van der Waals surface area contributed by atoms with Crippen molar-refractivity contribution in [1.29, 1.82) is 0 Å². The van der Waals surface area contributed by atoms with Crippen molar-refractivity contribution in [2.75, 3.05) is 26.4 Å². The maximum Gasteiger partial charge on any atom is 0.411 e. The summed E-state index contributed by atoms with van der Waals surface area (Å²) in [6.45, 7) is 3.06. The van der Waals surface area contributed by atoms with Crippen LogP contribution in [0.15, 0.2) is 42.0 Å². The van der Waals surface area contributed by atoms with E-state index in [-0.39, 0.29) is 18.2 Å². The van der Waals surface area contributed by atoms with Gasteiger partial charge in [-0.3, -0.25) is 4.90 Å². The largest absolute Gasteiger partial charge is 0.445 e. The summed E-state index contributed by atoms with van der Waals surface area (Å²) in [5.74, 6) is 0.528. The van der Waals surface area contributed by atoms with Crippen molar-refractivity contribution in [3.8, 4) is 0 Å². The standard InChI is InChI=1S/C18H21NO4/c20-18(23-8-13-4-2-1-3-5-13)19-16-6-14(15-9-21-10-15)7-17(19)12-22-11-16/h1-6,15-17H,7-12H2. The average Bonchev–Trinajstić information content (AvgIpc) is 2.51. The third kappa shape index (κ3) is 2.99. The number of nitrogens with zero attached hydrogens (tertiary/aromatic N) is 1. The monoisotopic (exact) mass is 315 g/mol. The molecule has 4 rings (SSSR count). The summed E-state index contributed by atoms with van der Waals surface area (Å²) in [7, 11) is 0. The van der Waals surface area contributed by atoms with Crippen LogP contribution in [0.1, 0.15) is 12.0 Å². The van der Waals surface area contributed by atoms with E-state index in [9.17, 15) is 4.79 Å². The molecule has 3 aliphatic rings. The fraction of sp³-hybridized carbons (Fsp3) is 0.500. The Morgan fingerprint density at radius 3 is 2.61 bits per heavy atom. The molecule has 2 bridgehead atoms. The first-order valence-corrected chi connectivity index (χ1v) is 8.16. The minimum absolute atomic E-state index is 0.0126. The van der Waals surface area contributed by atoms with Crippen LogP contribution in [0, 0.1) is 5.92 Å². The number of carbonyl (C=O) groups excluding carboxylic acids is 1. The lowest BCUT2D eigenvalue weighted by atomic mass is 9.85. The third-order valence-electron chi connectivity index (χ3n) is 4.81. The number of carbonyl (C=O) groups is 1. The van der Waals surface area contributed by atoms with Crippen LogP contribution in [0.3, 0.4) is 0 Å². The van der Waals surface area contributed by atoms with E-state index in [1.54, 1.807) is 0 Å². The maximum atomic E-state index is 12.5. The molecule has 1 aromatic carbocycles. The molecule has 5 heteroatoms. The van der Waals surface area contributed by atoms with Crippen LogP contribution in [0.5, 0.6) is 0 Å². The van der Waals surface area contributed by atoms with E-state index >= 15 is 0 Å². The Morgan fingerprint density at radius 1 is 1.13 bits per heavy atom. The Kier molecular flexibility index (Phi) is 4.06. The highest BCUT2D eigenvalue weighted by atomic mass is 16.6. The highest BCUT2D eigenvalue weighted by Crippen LogP contribution is 2.34. The van der Waals surface area contributed by atoms with E-state index in [0.717, 1.165) is 25.2 Å². The van der Waals surface area contributed by atoms with Gasteiger partial charge in [-0.15, -0.1) is 0 Å². The number of benzene rings is 1. The molecule has 0 radical (unpaired) electrons. The zero-order valence-electron chi connectivity index (χ0n) is 13.0. The lowest BCUT2D eigenvalue weighted by molar-refractivity contribution is -0.0501. The van der Waals surface area contributed by atoms with Crippen LogP contribution in [-0.4, -0.2) is 49.5 Å². The van der Waals surface area contributed by atoms with E-state index in [4.69, 9.17) is 14.2 Å². The number of hydrogen-bond acceptors (Lipinski definition) is 4. The summed E-state index contributed by atoms with van der Waals surface area (Å²) in [5.41, 5.74) is 2.42. The molecule has 3 heterocycles. The van der Waals surface area contributed by atoms with Crippen molar-refractivity contribution in [1.82, 2.24) is 4.90 Å². The second kappa shape index (κ2) is 6.34. The first-order valence-electron chi connectivity index (χ1n) is 8.16. The first-order chi connectivity index (χ1) is 11.3. The van der Waals surface area contributed by atoms with E-state index < -0.39 is 0 Å². The molecule has 2 saturated heterocycles. The topological polar surface area (TPSA) is 48.0 Å². The normalized spacial score (nSPS) is 27.1. The number of fused-ring (bicyclic) bond motifs is 2. The molecule has 2 unspecified atom stereocenters. The molecule has 122 valence electrons. The fourth-order valence-corrected chi connectivity index (χ4v) is 3.46. The van der Waals surface area contributed by atoms with Crippen molar-refractivity contribution >= 4 is 6.09 Å². The van der Waals surface area contributed by atoms with Crippen molar-refractivity contribution < 1.29 is 19.0 Å². The zero-order chi connectivity index (χ0) is 15.6. The predicted molar refractivity (Wildman–Crippen MR) is 83.9 cm³/mol. The van der Waals surface area contributed by atoms with Gasteiger partial charge in [-0.05, 0) is 12.0 Å². The summed E-state index contributed by atoms with van der Waals surface area (Å²) in [6, 6.07) is 9.84. The molecular weight excluding hydrogens is 294 g/mol. The van der Waals surface area contributed by atoms with Crippen LogP contribution in [0.25, 0.3) is 0 Å². The van der Waals surface area contributed by atoms with E-state index in [1.807, 2.05) is 35.2 Å².